The first-order chi connectivity index (χ1) is 13.1. The van der Waals surface area contributed by atoms with Crippen LogP contribution >= 0.6 is 15.9 Å². The molecule has 0 spiro atoms. The zero-order valence-electron chi connectivity index (χ0n) is 13.9. The lowest BCUT2D eigenvalue weighted by Crippen LogP contribution is -2.10. The van der Waals surface area contributed by atoms with Crippen molar-refractivity contribution in [2.75, 3.05) is 13.2 Å². The van der Waals surface area contributed by atoms with Crippen LogP contribution < -0.4 is 9.47 Å². The Labute approximate surface area is 162 Å². The molecule has 0 bridgehead atoms. The van der Waals surface area contributed by atoms with Gasteiger partial charge in [0.25, 0.3) is 5.69 Å². The molecule has 0 aliphatic heterocycles. The van der Waals surface area contributed by atoms with E-state index >= 15 is 0 Å². The fourth-order valence-corrected chi connectivity index (χ4v) is 2.37. The van der Waals surface area contributed by atoms with Crippen LogP contribution in [0.4, 0.5) is 5.69 Å². The Balaban J connectivity index is 1.66. The Hall–Kier alpha value is -3.27. The molecule has 0 aliphatic rings. The molecule has 1 aromatic heterocycles. The van der Waals surface area contributed by atoms with Crippen molar-refractivity contribution in [2.24, 2.45) is 5.10 Å². The molecule has 0 aliphatic carbocycles. The van der Waals surface area contributed by atoms with Crippen LogP contribution in [0.5, 0.6) is 11.5 Å². The summed E-state index contributed by atoms with van der Waals surface area (Å²) in [5.74, 6) is 1.18. The highest BCUT2D eigenvalue weighted by Crippen LogP contribution is 2.23. The summed E-state index contributed by atoms with van der Waals surface area (Å²) in [6.07, 6.45) is 4.25. The van der Waals surface area contributed by atoms with Gasteiger partial charge in [-0.15, -0.1) is 10.2 Å². The first-order valence-electron chi connectivity index (χ1n) is 7.80. The van der Waals surface area contributed by atoms with Crippen molar-refractivity contribution >= 4 is 27.8 Å². The second kappa shape index (κ2) is 8.90. The third kappa shape index (κ3) is 5.35. The van der Waals surface area contributed by atoms with E-state index in [1.807, 2.05) is 24.3 Å². The van der Waals surface area contributed by atoms with Crippen molar-refractivity contribution in [1.29, 1.82) is 0 Å². The molecule has 0 saturated carbocycles. The van der Waals surface area contributed by atoms with Gasteiger partial charge in [0.1, 0.15) is 37.4 Å². The summed E-state index contributed by atoms with van der Waals surface area (Å²) >= 11 is 3.36. The van der Waals surface area contributed by atoms with Crippen LogP contribution in [0.25, 0.3) is 0 Å². The smallest absolute Gasteiger partial charge is 0.270 e. The molecule has 138 valence electrons. The molecule has 2 aromatic carbocycles. The second-order valence-corrected chi connectivity index (χ2v) is 6.13. The minimum Gasteiger partial charge on any atom is -0.490 e. The van der Waals surface area contributed by atoms with Crippen LogP contribution in [-0.4, -0.2) is 39.2 Å². The number of benzene rings is 2. The number of hydrogen-bond acceptors (Lipinski definition) is 7. The van der Waals surface area contributed by atoms with Crippen molar-refractivity contribution in [2.45, 2.75) is 0 Å². The van der Waals surface area contributed by atoms with E-state index < -0.39 is 4.92 Å². The highest BCUT2D eigenvalue weighted by Gasteiger charge is 2.11. The van der Waals surface area contributed by atoms with Crippen LogP contribution in [0.1, 0.15) is 5.56 Å². The fourth-order valence-electron chi connectivity index (χ4n) is 2.11. The average molecular weight is 432 g/mol. The Bertz CT molecular complexity index is 929. The summed E-state index contributed by atoms with van der Waals surface area (Å²) in [4.78, 5) is 10.5. The third-order valence-electron chi connectivity index (χ3n) is 3.36. The summed E-state index contributed by atoms with van der Waals surface area (Å²) in [6, 6.07) is 11.7. The normalized spacial score (nSPS) is 10.9. The molecule has 0 atom stereocenters. The summed E-state index contributed by atoms with van der Waals surface area (Å²) in [5.41, 5.74) is 0.403. The highest BCUT2D eigenvalue weighted by atomic mass is 79.9. The summed E-state index contributed by atoms with van der Waals surface area (Å²) in [7, 11) is 0. The maximum Gasteiger partial charge on any atom is 0.270 e. The van der Waals surface area contributed by atoms with Crippen LogP contribution in [0.15, 0.2) is 64.7 Å². The van der Waals surface area contributed by atoms with Gasteiger partial charge in [0.05, 0.1) is 11.1 Å². The van der Waals surface area contributed by atoms with Gasteiger partial charge in [-0.2, -0.15) is 5.10 Å². The number of nitro groups is 1. The topological polar surface area (TPSA) is 105 Å². The number of rotatable bonds is 8. The van der Waals surface area contributed by atoms with Crippen molar-refractivity contribution in [3.8, 4) is 11.5 Å². The van der Waals surface area contributed by atoms with Gasteiger partial charge < -0.3 is 9.47 Å². The number of ether oxygens (including phenoxy) is 2. The van der Waals surface area contributed by atoms with Crippen molar-refractivity contribution < 1.29 is 14.4 Å². The standard InChI is InChI=1S/C17H14BrN5O4/c18-14-1-4-16(5-2-14)26-7-8-27-17-6-3-15(23(24)25)9-13(17)10-21-22-11-19-20-12-22/h1-6,9-12H,7-8H2. The fraction of sp³-hybridized carbons (Fsp3) is 0.118. The van der Waals surface area contributed by atoms with E-state index in [2.05, 4.69) is 31.2 Å². The Morgan fingerprint density at radius 2 is 1.81 bits per heavy atom. The second-order valence-electron chi connectivity index (χ2n) is 5.22. The van der Waals surface area contributed by atoms with Gasteiger partial charge in [0.15, 0.2) is 0 Å². The maximum atomic E-state index is 11.0. The molecule has 0 unspecified atom stereocenters. The van der Waals surface area contributed by atoms with Gasteiger partial charge in [0.2, 0.25) is 0 Å². The highest BCUT2D eigenvalue weighted by molar-refractivity contribution is 9.10. The summed E-state index contributed by atoms with van der Waals surface area (Å²) in [6.45, 7) is 0.585. The molecule has 9 nitrogen and oxygen atoms in total. The molecular weight excluding hydrogens is 418 g/mol. The molecule has 3 aromatic rings. The molecule has 0 radical (unpaired) electrons. The van der Waals surface area contributed by atoms with Crippen molar-refractivity contribution in [3.63, 3.8) is 0 Å². The Morgan fingerprint density at radius 1 is 1.11 bits per heavy atom. The Morgan fingerprint density at radius 3 is 2.52 bits per heavy atom. The molecule has 0 saturated heterocycles. The zero-order chi connectivity index (χ0) is 19.1. The van der Waals surface area contributed by atoms with E-state index in [1.54, 1.807) is 0 Å². The lowest BCUT2D eigenvalue weighted by atomic mass is 10.2. The number of halogens is 1. The summed E-state index contributed by atoms with van der Waals surface area (Å²) in [5, 5.41) is 22.4. The molecule has 10 heteroatoms. The lowest BCUT2D eigenvalue weighted by molar-refractivity contribution is -0.384. The van der Waals surface area contributed by atoms with Gasteiger partial charge in [-0.25, -0.2) is 4.68 Å². The van der Waals surface area contributed by atoms with E-state index in [1.165, 1.54) is 41.7 Å². The van der Waals surface area contributed by atoms with Crippen LogP contribution in [-0.2, 0) is 0 Å². The van der Waals surface area contributed by atoms with Crippen LogP contribution in [0, 0.1) is 10.1 Å². The molecule has 1 heterocycles. The number of nitro benzene ring substituents is 1. The predicted molar refractivity (Wildman–Crippen MR) is 101 cm³/mol. The SMILES string of the molecule is O=[N+]([O-])c1ccc(OCCOc2ccc(Br)cc2)c(C=Nn2cnnc2)c1. The van der Waals surface area contributed by atoms with E-state index in [9.17, 15) is 10.1 Å². The van der Waals surface area contributed by atoms with Gasteiger partial charge in [-0.1, -0.05) is 15.9 Å². The van der Waals surface area contributed by atoms with Crippen molar-refractivity contribution in [3.05, 3.63) is 75.3 Å². The lowest BCUT2D eigenvalue weighted by Gasteiger charge is -2.10. The largest absolute Gasteiger partial charge is 0.490 e. The summed E-state index contributed by atoms with van der Waals surface area (Å²) < 4.78 is 13.6. The van der Waals surface area contributed by atoms with Gasteiger partial charge in [0, 0.05) is 22.2 Å². The minimum absolute atomic E-state index is 0.0568. The monoisotopic (exact) mass is 431 g/mol. The molecule has 3 rings (SSSR count). The molecule has 0 amide bonds. The van der Waals surface area contributed by atoms with Crippen LogP contribution in [0.2, 0.25) is 0 Å². The number of aromatic nitrogens is 3. The van der Waals surface area contributed by atoms with Gasteiger partial charge in [-0.05, 0) is 30.3 Å². The molecule has 0 fully saturated rings. The number of non-ortho nitro benzene ring substituents is 1. The maximum absolute atomic E-state index is 11.0. The van der Waals surface area contributed by atoms with Crippen molar-refractivity contribution in [1.82, 2.24) is 14.9 Å². The van der Waals surface area contributed by atoms with Crippen LogP contribution in [0.3, 0.4) is 0 Å². The molecular formula is C17H14BrN5O4. The van der Waals surface area contributed by atoms with Gasteiger partial charge in [-0.3, -0.25) is 10.1 Å². The predicted octanol–water partition coefficient (Wildman–Crippen LogP) is 3.29. The average Bonchev–Trinajstić information content (AvgIpc) is 3.19. The van der Waals surface area contributed by atoms with E-state index in [-0.39, 0.29) is 12.3 Å². The number of nitrogens with zero attached hydrogens (tertiary/aromatic N) is 5. The minimum atomic E-state index is -0.476. The van der Waals surface area contributed by atoms with E-state index in [4.69, 9.17) is 9.47 Å². The van der Waals surface area contributed by atoms with E-state index in [0.717, 1.165) is 10.2 Å². The van der Waals surface area contributed by atoms with E-state index in [0.29, 0.717) is 17.9 Å². The molecule has 0 N–H and O–H groups in total. The first-order valence-corrected chi connectivity index (χ1v) is 8.60. The third-order valence-corrected chi connectivity index (χ3v) is 3.89. The van der Waals surface area contributed by atoms with Gasteiger partial charge >= 0.3 is 0 Å². The number of hydrogen-bond donors (Lipinski definition) is 0. The first kappa shape index (κ1) is 18.5. The zero-order valence-corrected chi connectivity index (χ0v) is 15.5. The Kier molecular flexibility index (Phi) is 6.10. The quantitative estimate of drug-likeness (QED) is 0.234. The molecule has 27 heavy (non-hydrogen) atoms.